The minimum Gasteiger partial charge on any atom is -0.459 e. The fourth-order valence-electron chi connectivity index (χ4n) is 1.63. The van der Waals surface area contributed by atoms with E-state index < -0.39 is 0 Å². The smallest absolute Gasteiger partial charge is 0.137 e. The Morgan fingerprint density at radius 2 is 2.21 bits per heavy atom. The predicted molar refractivity (Wildman–Crippen MR) is 53.7 cm³/mol. The minimum absolute atomic E-state index is 0.217. The lowest BCUT2D eigenvalue weighted by molar-refractivity contribution is 0.526. The molecule has 0 radical (unpaired) electrons. The van der Waals surface area contributed by atoms with Crippen molar-refractivity contribution in [1.82, 2.24) is 5.32 Å². The molecule has 0 saturated heterocycles. The van der Waals surface area contributed by atoms with Crippen molar-refractivity contribution in [3.63, 3.8) is 0 Å². The molecule has 0 bridgehead atoms. The van der Waals surface area contributed by atoms with Crippen LogP contribution >= 0.6 is 0 Å². The van der Waals surface area contributed by atoms with Crippen molar-refractivity contribution in [2.45, 2.75) is 13.5 Å². The first-order valence-corrected chi connectivity index (χ1v) is 4.55. The molecular formula is C11H12FNO. The van der Waals surface area contributed by atoms with Crippen LogP contribution in [0.25, 0.3) is 11.0 Å². The second kappa shape index (κ2) is 3.42. The molecule has 2 nitrogen and oxygen atoms in total. The number of nitrogens with one attached hydrogen (secondary N) is 1. The summed E-state index contributed by atoms with van der Waals surface area (Å²) in [5.74, 6) is 0.582. The fraction of sp³-hybridized carbons (Fsp3) is 0.273. The molecule has 0 fully saturated rings. The fourth-order valence-corrected chi connectivity index (χ4v) is 1.63. The van der Waals surface area contributed by atoms with Crippen molar-refractivity contribution in [3.05, 3.63) is 35.3 Å². The van der Waals surface area contributed by atoms with Crippen LogP contribution in [0.3, 0.4) is 0 Å². The van der Waals surface area contributed by atoms with Gasteiger partial charge in [-0.15, -0.1) is 0 Å². The van der Waals surface area contributed by atoms with E-state index in [0.29, 0.717) is 17.5 Å². The van der Waals surface area contributed by atoms with Crippen LogP contribution in [0, 0.1) is 12.7 Å². The highest BCUT2D eigenvalue weighted by molar-refractivity contribution is 5.82. The number of benzene rings is 1. The molecule has 0 spiro atoms. The molecule has 1 heterocycles. The highest BCUT2D eigenvalue weighted by Gasteiger charge is 2.12. The van der Waals surface area contributed by atoms with E-state index in [2.05, 4.69) is 5.32 Å². The van der Waals surface area contributed by atoms with E-state index in [-0.39, 0.29) is 5.82 Å². The van der Waals surface area contributed by atoms with Crippen LogP contribution in [-0.2, 0) is 6.54 Å². The van der Waals surface area contributed by atoms with Gasteiger partial charge >= 0.3 is 0 Å². The Morgan fingerprint density at radius 3 is 2.86 bits per heavy atom. The average Bonchev–Trinajstić information content (AvgIpc) is 2.46. The van der Waals surface area contributed by atoms with Gasteiger partial charge in [0.2, 0.25) is 0 Å². The summed E-state index contributed by atoms with van der Waals surface area (Å²) in [6, 6.07) is 4.89. The Kier molecular flexibility index (Phi) is 2.25. The van der Waals surface area contributed by atoms with E-state index >= 15 is 0 Å². The lowest BCUT2D eigenvalue weighted by Gasteiger charge is -1.94. The number of furan rings is 1. The van der Waals surface area contributed by atoms with Gasteiger partial charge in [0.1, 0.15) is 17.2 Å². The molecule has 3 heteroatoms. The number of fused-ring (bicyclic) bond motifs is 1. The van der Waals surface area contributed by atoms with Crippen LogP contribution in [-0.4, -0.2) is 7.05 Å². The molecule has 1 aromatic heterocycles. The second-order valence-electron chi connectivity index (χ2n) is 3.29. The Hall–Kier alpha value is -1.35. The molecule has 1 N–H and O–H groups in total. The molecule has 74 valence electrons. The van der Waals surface area contributed by atoms with Crippen molar-refractivity contribution in [2.75, 3.05) is 7.05 Å². The molecule has 0 unspecified atom stereocenters. The topological polar surface area (TPSA) is 25.2 Å². The Bertz CT molecular complexity index is 462. The summed E-state index contributed by atoms with van der Waals surface area (Å²) < 4.78 is 18.9. The third-order valence-corrected chi connectivity index (χ3v) is 2.34. The molecular weight excluding hydrogens is 181 g/mol. The zero-order valence-electron chi connectivity index (χ0n) is 8.23. The number of aryl methyl sites for hydroxylation is 1. The van der Waals surface area contributed by atoms with Crippen LogP contribution in [0.4, 0.5) is 4.39 Å². The van der Waals surface area contributed by atoms with Crippen LogP contribution < -0.4 is 5.32 Å². The first kappa shape index (κ1) is 9.21. The maximum absolute atomic E-state index is 13.4. The predicted octanol–water partition coefficient (Wildman–Crippen LogP) is 2.60. The lowest BCUT2D eigenvalue weighted by Crippen LogP contribution is -2.04. The minimum atomic E-state index is -0.217. The maximum atomic E-state index is 13.4. The van der Waals surface area contributed by atoms with Gasteiger partial charge in [0.25, 0.3) is 0 Å². The van der Waals surface area contributed by atoms with Crippen molar-refractivity contribution in [3.8, 4) is 0 Å². The Labute approximate surface area is 81.7 Å². The van der Waals surface area contributed by atoms with Crippen LogP contribution in [0.2, 0.25) is 0 Å². The van der Waals surface area contributed by atoms with Gasteiger partial charge in [-0.2, -0.15) is 0 Å². The van der Waals surface area contributed by atoms with E-state index in [1.165, 1.54) is 6.07 Å². The second-order valence-corrected chi connectivity index (χ2v) is 3.29. The van der Waals surface area contributed by atoms with Gasteiger partial charge < -0.3 is 9.73 Å². The summed E-state index contributed by atoms with van der Waals surface area (Å²) in [5.41, 5.74) is 1.50. The first-order valence-electron chi connectivity index (χ1n) is 4.55. The van der Waals surface area contributed by atoms with Crippen LogP contribution in [0.5, 0.6) is 0 Å². The van der Waals surface area contributed by atoms with Crippen LogP contribution in [0.1, 0.15) is 11.3 Å². The third-order valence-electron chi connectivity index (χ3n) is 2.34. The lowest BCUT2D eigenvalue weighted by atomic mass is 10.1. The van der Waals surface area contributed by atoms with Gasteiger partial charge in [0.05, 0.1) is 11.9 Å². The summed E-state index contributed by atoms with van der Waals surface area (Å²) in [6.45, 7) is 2.50. The molecule has 0 aliphatic rings. The standard InChI is InChI=1S/C11H12FNO/c1-7-10(6-13-2)14-9-5-3-4-8(12)11(7)9/h3-5,13H,6H2,1-2H3. The van der Waals surface area contributed by atoms with Crippen LogP contribution in [0.15, 0.2) is 22.6 Å². The Balaban J connectivity index is 2.68. The quantitative estimate of drug-likeness (QED) is 0.793. The normalized spacial score (nSPS) is 11.1. The van der Waals surface area contributed by atoms with Crippen molar-refractivity contribution in [1.29, 1.82) is 0 Å². The van der Waals surface area contributed by atoms with E-state index in [4.69, 9.17) is 4.42 Å². The summed E-state index contributed by atoms with van der Waals surface area (Å²) in [4.78, 5) is 0. The number of hydrogen-bond acceptors (Lipinski definition) is 2. The van der Waals surface area contributed by atoms with Gasteiger partial charge in [0, 0.05) is 5.56 Å². The van der Waals surface area contributed by atoms with Crippen molar-refractivity contribution in [2.24, 2.45) is 0 Å². The highest BCUT2D eigenvalue weighted by atomic mass is 19.1. The molecule has 1 aromatic carbocycles. The van der Waals surface area contributed by atoms with Gasteiger partial charge in [-0.05, 0) is 26.1 Å². The summed E-state index contributed by atoms with van der Waals surface area (Å²) >= 11 is 0. The number of rotatable bonds is 2. The molecule has 0 aliphatic carbocycles. The van der Waals surface area contributed by atoms with E-state index in [0.717, 1.165) is 11.3 Å². The molecule has 0 saturated carbocycles. The summed E-state index contributed by atoms with van der Waals surface area (Å²) in [7, 11) is 1.84. The van der Waals surface area contributed by atoms with Gasteiger partial charge in [0.15, 0.2) is 0 Å². The maximum Gasteiger partial charge on any atom is 0.137 e. The van der Waals surface area contributed by atoms with Gasteiger partial charge in [-0.25, -0.2) is 4.39 Å². The number of halogens is 1. The van der Waals surface area contributed by atoms with Crippen molar-refractivity contribution >= 4 is 11.0 Å². The average molecular weight is 193 g/mol. The van der Waals surface area contributed by atoms with E-state index in [1.54, 1.807) is 12.1 Å². The molecule has 0 aliphatic heterocycles. The molecule has 2 aromatic rings. The van der Waals surface area contributed by atoms with E-state index in [9.17, 15) is 4.39 Å². The van der Waals surface area contributed by atoms with Gasteiger partial charge in [-0.1, -0.05) is 6.07 Å². The Morgan fingerprint density at radius 1 is 1.43 bits per heavy atom. The zero-order valence-corrected chi connectivity index (χ0v) is 8.23. The molecule has 2 rings (SSSR count). The van der Waals surface area contributed by atoms with Crippen molar-refractivity contribution < 1.29 is 8.81 Å². The van der Waals surface area contributed by atoms with Gasteiger partial charge in [-0.3, -0.25) is 0 Å². The van der Waals surface area contributed by atoms with E-state index in [1.807, 2.05) is 14.0 Å². The number of hydrogen-bond donors (Lipinski definition) is 1. The summed E-state index contributed by atoms with van der Waals surface area (Å²) in [6.07, 6.45) is 0. The molecule has 14 heavy (non-hydrogen) atoms. The largest absolute Gasteiger partial charge is 0.459 e. The molecule has 0 amide bonds. The zero-order chi connectivity index (χ0) is 10.1. The third kappa shape index (κ3) is 1.30. The molecule has 0 atom stereocenters. The summed E-state index contributed by atoms with van der Waals surface area (Å²) in [5, 5.41) is 3.58. The first-order chi connectivity index (χ1) is 6.74. The highest BCUT2D eigenvalue weighted by Crippen LogP contribution is 2.27. The SMILES string of the molecule is CNCc1oc2cccc(F)c2c1C. The monoisotopic (exact) mass is 193 g/mol.